The summed E-state index contributed by atoms with van der Waals surface area (Å²) in [6.45, 7) is 2.43. The average molecular weight is 725 g/mol. The number of thiol groups is 1. The summed E-state index contributed by atoms with van der Waals surface area (Å²) < 4.78 is 0. The molecule has 0 aromatic carbocycles. The van der Waals surface area contributed by atoms with Gasteiger partial charge in [0, 0.05) is 5.75 Å². The summed E-state index contributed by atoms with van der Waals surface area (Å²) in [5.74, 6) is -8.47. The fourth-order valence-electron chi connectivity index (χ4n) is 3.47. The number of nitrogens with one attached hydrogen (secondary N) is 7. The van der Waals surface area contributed by atoms with E-state index in [2.05, 4.69) is 49.8 Å². The summed E-state index contributed by atoms with van der Waals surface area (Å²) in [5.41, 5.74) is 5.56. The summed E-state index contributed by atoms with van der Waals surface area (Å²) in [6.07, 6.45) is -0.346. The lowest BCUT2D eigenvalue weighted by Crippen LogP contribution is -2.60. The predicted molar refractivity (Wildman–Crippen MR) is 173 cm³/mol. The van der Waals surface area contributed by atoms with Crippen LogP contribution in [0.5, 0.6) is 0 Å². The molecule has 0 fully saturated rings. The molecule has 22 heteroatoms. The monoisotopic (exact) mass is 724 g/mol. The van der Waals surface area contributed by atoms with Gasteiger partial charge in [0.25, 0.3) is 0 Å². The normalized spacial score (nSPS) is 15.1. The zero-order valence-electron chi connectivity index (χ0n) is 26.7. The number of carbonyl (C=O) groups excluding carboxylic acids is 7. The van der Waals surface area contributed by atoms with Gasteiger partial charge in [-0.15, -0.1) is 0 Å². The van der Waals surface area contributed by atoms with Gasteiger partial charge >= 0.3 is 11.9 Å². The third-order valence-corrected chi connectivity index (χ3v) is 7.23. The van der Waals surface area contributed by atoms with Gasteiger partial charge in [-0.2, -0.15) is 24.4 Å². The van der Waals surface area contributed by atoms with Crippen molar-refractivity contribution in [3.05, 3.63) is 0 Å². The quantitative estimate of drug-likeness (QED) is 0.0464. The van der Waals surface area contributed by atoms with Gasteiger partial charge in [0.05, 0.1) is 31.7 Å². The van der Waals surface area contributed by atoms with E-state index in [-0.39, 0.29) is 12.2 Å². The lowest BCUT2D eigenvalue weighted by atomic mass is 10.1. The Morgan fingerprint density at radius 2 is 1.27 bits per heavy atom. The van der Waals surface area contributed by atoms with E-state index in [0.29, 0.717) is 5.75 Å². The summed E-state index contributed by atoms with van der Waals surface area (Å²) >= 11 is 5.28. The van der Waals surface area contributed by atoms with Gasteiger partial charge in [0.15, 0.2) is 0 Å². The van der Waals surface area contributed by atoms with Gasteiger partial charge in [-0.25, -0.2) is 0 Å². The number of hydrogen-bond acceptors (Lipinski definition) is 13. The molecule has 48 heavy (non-hydrogen) atoms. The van der Waals surface area contributed by atoms with Gasteiger partial charge in [-0.1, -0.05) is 0 Å². The Balaban J connectivity index is 5.04. The molecule has 0 saturated carbocycles. The van der Waals surface area contributed by atoms with Gasteiger partial charge in [0.2, 0.25) is 41.4 Å². The van der Waals surface area contributed by atoms with E-state index in [1.807, 2.05) is 0 Å². The molecule has 0 rings (SSSR count). The minimum absolute atomic E-state index is 0.0758. The number of amides is 7. The second kappa shape index (κ2) is 22.4. The minimum Gasteiger partial charge on any atom is -0.481 e. The molecule has 0 unspecified atom stereocenters. The second-order valence-electron chi connectivity index (χ2n) is 10.4. The van der Waals surface area contributed by atoms with E-state index >= 15 is 0 Å². The zero-order chi connectivity index (χ0) is 37.1. The number of carbonyl (C=O) groups is 9. The number of aliphatic hydroxyl groups excluding tert-OH is 1. The van der Waals surface area contributed by atoms with Crippen molar-refractivity contribution in [1.82, 2.24) is 37.2 Å². The minimum atomic E-state index is -1.59. The molecule has 7 atom stereocenters. The van der Waals surface area contributed by atoms with Crippen LogP contribution in [0.3, 0.4) is 0 Å². The molecule has 272 valence electrons. The number of aliphatic hydroxyl groups is 1. The Morgan fingerprint density at radius 3 is 1.79 bits per heavy atom. The molecule has 0 bridgehead atoms. The van der Waals surface area contributed by atoms with Crippen molar-refractivity contribution in [3.63, 3.8) is 0 Å². The van der Waals surface area contributed by atoms with Crippen LogP contribution in [0, 0.1) is 0 Å². The van der Waals surface area contributed by atoms with Crippen LogP contribution in [0.1, 0.15) is 33.6 Å². The molecule has 12 N–H and O–H groups in total. The fourth-order valence-corrected chi connectivity index (χ4v) is 4.20. The molecule has 0 aliphatic heterocycles. The molecular formula is C26H44N8O12S2. The third-order valence-electron chi connectivity index (χ3n) is 6.22. The van der Waals surface area contributed by atoms with Crippen LogP contribution in [-0.2, 0) is 43.2 Å². The maximum absolute atomic E-state index is 13.0. The Morgan fingerprint density at radius 1 is 0.708 bits per heavy atom. The molecule has 0 aromatic heterocycles. The molecule has 0 aliphatic carbocycles. The molecule has 20 nitrogen and oxygen atoms in total. The largest absolute Gasteiger partial charge is 0.481 e. The predicted octanol–water partition coefficient (Wildman–Crippen LogP) is -5.37. The highest BCUT2D eigenvalue weighted by molar-refractivity contribution is 7.98. The van der Waals surface area contributed by atoms with Crippen LogP contribution in [0.25, 0.3) is 0 Å². The highest BCUT2D eigenvalue weighted by Gasteiger charge is 2.32. The number of carboxylic acid groups (broad SMARTS) is 2. The smallest absolute Gasteiger partial charge is 0.325 e. The van der Waals surface area contributed by atoms with Gasteiger partial charge in [-0.3, -0.25) is 43.2 Å². The first-order valence-electron chi connectivity index (χ1n) is 14.4. The summed E-state index contributed by atoms with van der Waals surface area (Å²) in [6, 6.07) is -7.96. The Bertz CT molecular complexity index is 1190. The Hall–Kier alpha value is -4.15. The second-order valence-corrected chi connectivity index (χ2v) is 11.7. The Labute approximate surface area is 285 Å². The highest BCUT2D eigenvalue weighted by atomic mass is 32.2. The van der Waals surface area contributed by atoms with Crippen LogP contribution in [0.2, 0.25) is 0 Å². The van der Waals surface area contributed by atoms with Crippen molar-refractivity contribution in [2.45, 2.75) is 76.0 Å². The first-order valence-corrected chi connectivity index (χ1v) is 16.4. The van der Waals surface area contributed by atoms with Crippen molar-refractivity contribution in [2.75, 3.05) is 30.9 Å². The van der Waals surface area contributed by atoms with Crippen LogP contribution in [0.15, 0.2) is 0 Å². The highest BCUT2D eigenvalue weighted by Crippen LogP contribution is 2.04. The zero-order valence-corrected chi connectivity index (χ0v) is 28.4. The van der Waals surface area contributed by atoms with Crippen molar-refractivity contribution in [1.29, 1.82) is 0 Å². The van der Waals surface area contributed by atoms with E-state index < -0.39 is 115 Å². The van der Waals surface area contributed by atoms with Crippen LogP contribution in [-0.4, -0.2) is 142 Å². The van der Waals surface area contributed by atoms with Crippen molar-refractivity contribution >= 4 is 77.7 Å². The molecule has 0 heterocycles. The summed E-state index contributed by atoms with van der Waals surface area (Å²) in [5, 5.41) is 43.7. The van der Waals surface area contributed by atoms with Gasteiger partial charge in [-0.05, 0) is 39.2 Å². The van der Waals surface area contributed by atoms with Crippen LogP contribution in [0.4, 0.5) is 0 Å². The number of hydrogen-bond donors (Lipinski definition) is 12. The van der Waals surface area contributed by atoms with E-state index in [1.165, 1.54) is 32.5 Å². The first kappa shape index (κ1) is 43.9. The van der Waals surface area contributed by atoms with Gasteiger partial charge < -0.3 is 58.3 Å². The SMILES string of the molecule is CSCC[C@H](NC(=O)[C@@H](N)CC(=O)O)C(=O)N[C@H](C(=O)N[C@@H](C)C(=O)NCC(=O)NCC(=O)N[C@@H](CS)C(=O)N[C@@H](C)C(=O)O)[C@@H](C)O. The maximum atomic E-state index is 13.0. The van der Waals surface area contributed by atoms with Crippen LogP contribution < -0.4 is 43.0 Å². The van der Waals surface area contributed by atoms with Crippen molar-refractivity contribution < 1.29 is 58.5 Å². The summed E-state index contributed by atoms with van der Waals surface area (Å²) in [4.78, 5) is 109. The number of nitrogens with two attached hydrogens (primary N) is 1. The van der Waals surface area contributed by atoms with Gasteiger partial charge in [0.1, 0.15) is 30.2 Å². The number of aliphatic carboxylic acids is 2. The van der Waals surface area contributed by atoms with E-state index in [4.69, 9.17) is 15.9 Å². The standard InChI is InChI=1S/C26H44N8O12S2/c1-11(21(40)29-8-17(36)28-9-18(37)32-16(10-47)24(43)31-12(2)26(45)46)30-25(44)20(13(3)35)34-23(42)15(5-6-48-4)33-22(41)14(27)7-19(38)39/h11-16,20,35,47H,5-10,27H2,1-4H3,(H,28,36)(H,29,40)(H,30,44)(H,31,43)(H,32,37)(H,33,41)(H,34,42)(H,38,39)(H,45,46)/t11-,12-,13+,14-,15-,16-,20-/m0/s1. The average Bonchev–Trinajstić information content (AvgIpc) is 3.00. The topological polar surface area (TPSA) is 325 Å². The molecule has 0 saturated heterocycles. The summed E-state index contributed by atoms with van der Waals surface area (Å²) in [7, 11) is 0. The van der Waals surface area contributed by atoms with Crippen molar-refractivity contribution in [2.24, 2.45) is 5.73 Å². The molecule has 0 aromatic rings. The van der Waals surface area contributed by atoms with E-state index in [0.717, 1.165) is 0 Å². The number of rotatable bonds is 22. The molecule has 0 radical (unpaired) electrons. The number of carboxylic acids is 2. The Kier molecular flexibility index (Phi) is 20.5. The lowest BCUT2D eigenvalue weighted by molar-refractivity contribution is -0.141. The first-order chi connectivity index (χ1) is 22.3. The molecule has 0 spiro atoms. The molecule has 7 amide bonds. The van der Waals surface area contributed by atoms with Crippen molar-refractivity contribution in [3.8, 4) is 0 Å². The lowest BCUT2D eigenvalue weighted by Gasteiger charge is -2.26. The molecule has 0 aliphatic rings. The maximum Gasteiger partial charge on any atom is 0.325 e. The van der Waals surface area contributed by atoms with E-state index in [9.17, 15) is 48.3 Å². The van der Waals surface area contributed by atoms with E-state index in [1.54, 1.807) is 6.26 Å². The number of thioether (sulfide) groups is 1. The third kappa shape index (κ3) is 17.1. The molecular weight excluding hydrogens is 680 g/mol. The van der Waals surface area contributed by atoms with Crippen LogP contribution >= 0.6 is 24.4 Å². The fraction of sp³-hybridized carbons (Fsp3) is 0.654.